The van der Waals surface area contributed by atoms with Crippen molar-refractivity contribution in [2.24, 2.45) is 7.05 Å². The van der Waals surface area contributed by atoms with Crippen molar-refractivity contribution in [3.05, 3.63) is 84.7 Å². The highest BCUT2D eigenvalue weighted by molar-refractivity contribution is 5.99. The van der Waals surface area contributed by atoms with Gasteiger partial charge in [-0.25, -0.2) is 4.98 Å². The Morgan fingerprint density at radius 3 is 2.56 bits per heavy atom. The monoisotopic (exact) mass is 423 g/mol. The van der Waals surface area contributed by atoms with Crippen LogP contribution in [0.15, 0.2) is 79.0 Å². The molecule has 0 spiro atoms. The Morgan fingerprint density at radius 2 is 1.75 bits per heavy atom. The smallest absolute Gasteiger partial charge is 0.225 e. The lowest BCUT2D eigenvalue weighted by molar-refractivity contribution is 0.483. The predicted molar refractivity (Wildman–Crippen MR) is 124 cm³/mol. The van der Waals surface area contributed by atoms with E-state index in [2.05, 4.69) is 20.4 Å². The van der Waals surface area contributed by atoms with Crippen LogP contribution in [0.25, 0.3) is 22.3 Å². The summed E-state index contributed by atoms with van der Waals surface area (Å²) in [7, 11) is 1.79. The summed E-state index contributed by atoms with van der Waals surface area (Å²) >= 11 is 0. The number of aryl methyl sites for hydroxylation is 1. The van der Waals surface area contributed by atoms with Crippen LogP contribution in [0.2, 0.25) is 0 Å². The molecule has 2 aromatic carbocycles. The van der Waals surface area contributed by atoms with Gasteiger partial charge in [-0.05, 0) is 36.4 Å². The molecule has 3 aromatic heterocycles. The van der Waals surface area contributed by atoms with E-state index in [1.807, 2.05) is 72.8 Å². The number of benzene rings is 2. The van der Waals surface area contributed by atoms with Gasteiger partial charge in [0.2, 0.25) is 5.95 Å². The molecule has 0 aliphatic rings. The Kier molecular flexibility index (Phi) is 5.09. The van der Waals surface area contributed by atoms with E-state index in [0.29, 0.717) is 40.8 Å². The number of nitrogen functional groups attached to an aromatic ring is 1. The van der Waals surface area contributed by atoms with E-state index >= 15 is 0 Å². The molecule has 0 amide bonds. The Bertz CT molecular complexity index is 1370. The summed E-state index contributed by atoms with van der Waals surface area (Å²) < 4.78 is 7.61. The molecule has 0 saturated heterocycles. The van der Waals surface area contributed by atoms with Crippen molar-refractivity contribution in [3.63, 3.8) is 0 Å². The van der Waals surface area contributed by atoms with Crippen LogP contribution in [0.4, 0.5) is 11.8 Å². The standard InChI is InChI=1S/C24H21N7O/c1-31-22(25)20-21(16-8-7-12-19(14-16)32-18-10-3-2-4-11-18)28-24(29-23(20)30-31)27-15-17-9-5-6-13-26-17/h2-14H,15,25H2,1H3,(H,27,29,30). The van der Waals surface area contributed by atoms with Crippen LogP contribution in [-0.4, -0.2) is 24.7 Å². The number of aromatic nitrogens is 5. The molecule has 0 unspecified atom stereocenters. The second-order valence-corrected chi connectivity index (χ2v) is 7.22. The molecule has 32 heavy (non-hydrogen) atoms. The maximum Gasteiger partial charge on any atom is 0.225 e. The van der Waals surface area contributed by atoms with Crippen molar-refractivity contribution < 1.29 is 4.74 Å². The van der Waals surface area contributed by atoms with Crippen LogP contribution in [0.1, 0.15) is 5.69 Å². The number of fused-ring (bicyclic) bond motifs is 1. The fraction of sp³-hybridized carbons (Fsp3) is 0.0833. The molecular weight excluding hydrogens is 402 g/mol. The lowest BCUT2D eigenvalue weighted by Gasteiger charge is -2.10. The van der Waals surface area contributed by atoms with Gasteiger partial charge in [0.1, 0.15) is 17.3 Å². The normalized spacial score (nSPS) is 10.9. The highest BCUT2D eigenvalue weighted by Gasteiger charge is 2.17. The minimum absolute atomic E-state index is 0.450. The first-order valence-electron chi connectivity index (χ1n) is 10.1. The second kappa shape index (κ2) is 8.35. The van der Waals surface area contributed by atoms with Gasteiger partial charge in [-0.2, -0.15) is 10.1 Å². The van der Waals surface area contributed by atoms with E-state index in [1.54, 1.807) is 17.9 Å². The van der Waals surface area contributed by atoms with E-state index in [-0.39, 0.29) is 0 Å². The number of pyridine rings is 1. The first-order valence-corrected chi connectivity index (χ1v) is 10.1. The van der Waals surface area contributed by atoms with Gasteiger partial charge in [0, 0.05) is 18.8 Å². The minimum atomic E-state index is 0.450. The molecule has 0 atom stereocenters. The lowest BCUT2D eigenvalue weighted by Crippen LogP contribution is -2.06. The first kappa shape index (κ1) is 19.5. The maximum absolute atomic E-state index is 6.31. The topological polar surface area (TPSA) is 104 Å². The van der Waals surface area contributed by atoms with Gasteiger partial charge in [0.05, 0.1) is 23.3 Å². The average Bonchev–Trinajstić information content (AvgIpc) is 3.12. The largest absolute Gasteiger partial charge is 0.457 e. The number of ether oxygens (including phenoxy) is 1. The Balaban J connectivity index is 1.54. The van der Waals surface area contributed by atoms with Crippen molar-refractivity contribution >= 4 is 22.8 Å². The molecule has 0 bridgehead atoms. The number of nitrogens with two attached hydrogens (primary N) is 1. The molecule has 8 heteroatoms. The van der Waals surface area contributed by atoms with E-state index in [0.717, 1.165) is 17.0 Å². The molecule has 0 saturated carbocycles. The van der Waals surface area contributed by atoms with Gasteiger partial charge in [0.15, 0.2) is 5.65 Å². The number of hydrogen-bond donors (Lipinski definition) is 2. The molecule has 0 aliphatic heterocycles. The van der Waals surface area contributed by atoms with E-state index in [4.69, 9.17) is 15.5 Å². The lowest BCUT2D eigenvalue weighted by atomic mass is 10.1. The third kappa shape index (κ3) is 3.93. The summed E-state index contributed by atoms with van der Waals surface area (Å²) in [5, 5.41) is 8.40. The summed E-state index contributed by atoms with van der Waals surface area (Å²) in [6, 6.07) is 23.1. The second-order valence-electron chi connectivity index (χ2n) is 7.22. The number of nitrogens with one attached hydrogen (secondary N) is 1. The Morgan fingerprint density at radius 1 is 0.938 bits per heavy atom. The summed E-state index contributed by atoms with van der Waals surface area (Å²) in [5.74, 6) is 2.41. The molecule has 0 radical (unpaired) electrons. The van der Waals surface area contributed by atoms with E-state index < -0.39 is 0 Å². The quantitative estimate of drug-likeness (QED) is 0.417. The fourth-order valence-corrected chi connectivity index (χ4v) is 3.41. The molecule has 0 aliphatic carbocycles. The number of anilines is 2. The van der Waals surface area contributed by atoms with Crippen molar-refractivity contribution in [1.82, 2.24) is 24.7 Å². The molecule has 5 rings (SSSR count). The molecular formula is C24H21N7O. The molecule has 3 heterocycles. The summed E-state index contributed by atoms with van der Waals surface area (Å²) in [6.07, 6.45) is 1.75. The van der Waals surface area contributed by atoms with Crippen LogP contribution < -0.4 is 15.8 Å². The number of nitrogens with zero attached hydrogens (tertiary/aromatic N) is 5. The predicted octanol–water partition coefficient (Wildman–Crippen LogP) is 4.41. The van der Waals surface area contributed by atoms with Crippen LogP contribution in [0.5, 0.6) is 11.5 Å². The summed E-state index contributed by atoms with van der Waals surface area (Å²) in [6.45, 7) is 0.491. The Hall–Kier alpha value is -4.46. The van der Waals surface area contributed by atoms with Crippen molar-refractivity contribution in [3.8, 4) is 22.8 Å². The third-order valence-corrected chi connectivity index (χ3v) is 4.98. The van der Waals surface area contributed by atoms with Crippen LogP contribution in [0, 0.1) is 0 Å². The van der Waals surface area contributed by atoms with Gasteiger partial charge >= 0.3 is 0 Å². The number of hydrogen-bond acceptors (Lipinski definition) is 7. The summed E-state index contributed by atoms with van der Waals surface area (Å²) in [5.41, 5.74) is 9.25. The van der Waals surface area contributed by atoms with Crippen molar-refractivity contribution in [1.29, 1.82) is 0 Å². The third-order valence-electron chi connectivity index (χ3n) is 4.98. The zero-order valence-corrected chi connectivity index (χ0v) is 17.4. The Labute approximate surface area is 184 Å². The summed E-state index contributed by atoms with van der Waals surface area (Å²) in [4.78, 5) is 13.7. The van der Waals surface area contributed by atoms with Crippen molar-refractivity contribution in [2.75, 3.05) is 11.1 Å². The minimum Gasteiger partial charge on any atom is -0.457 e. The van der Waals surface area contributed by atoms with E-state index in [9.17, 15) is 0 Å². The van der Waals surface area contributed by atoms with Gasteiger partial charge in [0.25, 0.3) is 0 Å². The van der Waals surface area contributed by atoms with Gasteiger partial charge in [-0.15, -0.1) is 0 Å². The van der Waals surface area contributed by atoms with Crippen LogP contribution in [0.3, 0.4) is 0 Å². The molecule has 8 nitrogen and oxygen atoms in total. The average molecular weight is 423 g/mol. The first-order chi connectivity index (χ1) is 15.7. The maximum atomic E-state index is 6.31. The van der Waals surface area contributed by atoms with Crippen molar-refractivity contribution in [2.45, 2.75) is 6.54 Å². The number of para-hydroxylation sites is 1. The van der Waals surface area contributed by atoms with Gasteiger partial charge in [-0.1, -0.05) is 36.4 Å². The molecule has 5 aromatic rings. The van der Waals surface area contributed by atoms with Crippen LogP contribution in [-0.2, 0) is 13.6 Å². The van der Waals surface area contributed by atoms with Gasteiger partial charge < -0.3 is 15.8 Å². The number of rotatable bonds is 6. The zero-order valence-electron chi connectivity index (χ0n) is 17.4. The molecule has 158 valence electrons. The zero-order chi connectivity index (χ0) is 21.9. The van der Waals surface area contributed by atoms with E-state index in [1.165, 1.54) is 0 Å². The SMILES string of the molecule is Cn1nc2nc(NCc3ccccn3)nc(-c3cccc(Oc4ccccc4)c3)c2c1N. The molecule has 3 N–H and O–H groups in total. The highest BCUT2D eigenvalue weighted by atomic mass is 16.5. The highest BCUT2D eigenvalue weighted by Crippen LogP contribution is 2.33. The van der Waals surface area contributed by atoms with Gasteiger partial charge in [-0.3, -0.25) is 9.67 Å². The molecule has 0 fully saturated rings. The fourth-order valence-electron chi connectivity index (χ4n) is 3.41. The van der Waals surface area contributed by atoms with Crippen LogP contribution >= 0.6 is 0 Å².